The first kappa shape index (κ1) is 13.4. The molecule has 0 bridgehead atoms. The Morgan fingerprint density at radius 2 is 1.90 bits per heavy atom. The molecule has 106 valence electrons. The first-order valence-electron chi connectivity index (χ1n) is 6.84. The van der Waals surface area contributed by atoms with Crippen molar-refractivity contribution in [2.45, 2.75) is 13.3 Å². The molecule has 0 unspecified atom stereocenters. The SMILES string of the molecule is CCC(=O)Nc1ccc(-c2cc3cc(F)ccc3[nH]2)cc1. The van der Waals surface area contributed by atoms with Crippen LogP contribution in [-0.4, -0.2) is 10.9 Å². The van der Waals surface area contributed by atoms with Crippen LogP contribution in [0.1, 0.15) is 13.3 Å². The molecule has 0 aliphatic heterocycles. The molecule has 4 heteroatoms. The lowest BCUT2D eigenvalue weighted by Crippen LogP contribution is -2.08. The third-order valence-electron chi connectivity index (χ3n) is 3.38. The van der Waals surface area contributed by atoms with Crippen molar-refractivity contribution in [2.24, 2.45) is 0 Å². The molecule has 0 fully saturated rings. The van der Waals surface area contributed by atoms with Crippen molar-refractivity contribution in [3.8, 4) is 11.3 Å². The standard InChI is InChI=1S/C17H15FN2O/c1-2-17(21)19-14-6-3-11(4-7-14)16-10-12-9-13(18)5-8-15(12)20-16/h3-10,20H,2H2,1H3,(H,19,21). The Labute approximate surface area is 121 Å². The second-order valence-corrected chi connectivity index (χ2v) is 4.89. The average molecular weight is 282 g/mol. The number of hydrogen-bond donors (Lipinski definition) is 2. The summed E-state index contributed by atoms with van der Waals surface area (Å²) in [5.74, 6) is -0.255. The van der Waals surface area contributed by atoms with Gasteiger partial charge in [0.1, 0.15) is 5.82 Å². The highest BCUT2D eigenvalue weighted by Crippen LogP contribution is 2.25. The largest absolute Gasteiger partial charge is 0.355 e. The van der Waals surface area contributed by atoms with Gasteiger partial charge in [0.05, 0.1) is 0 Å². The van der Waals surface area contributed by atoms with E-state index in [1.54, 1.807) is 6.07 Å². The van der Waals surface area contributed by atoms with E-state index in [4.69, 9.17) is 0 Å². The lowest BCUT2D eigenvalue weighted by atomic mass is 10.1. The van der Waals surface area contributed by atoms with Crippen LogP contribution < -0.4 is 5.32 Å². The molecule has 0 saturated carbocycles. The minimum atomic E-state index is -0.245. The van der Waals surface area contributed by atoms with E-state index in [1.165, 1.54) is 12.1 Å². The molecule has 1 aromatic heterocycles. The van der Waals surface area contributed by atoms with Gasteiger partial charge >= 0.3 is 0 Å². The summed E-state index contributed by atoms with van der Waals surface area (Å²) in [5.41, 5.74) is 3.58. The number of benzene rings is 2. The van der Waals surface area contributed by atoms with Crippen LogP contribution in [0.3, 0.4) is 0 Å². The number of nitrogens with one attached hydrogen (secondary N) is 2. The molecule has 2 N–H and O–H groups in total. The number of anilines is 1. The van der Waals surface area contributed by atoms with E-state index < -0.39 is 0 Å². The monoisotopic (exact) mass is 282 g/mol. The van der Waals surface area contributed by atoms with Gasteiger partial charge in [0.2, 0.25) is 5.91 Å². The number of carbonyl (C=O) groups is 1. The van der Waals surface area contributed by atoms with Crippen LogP contribution in [0, 0.1) is 5.82 Å². The van der Waals surface area contributed by atoms with Crippen molar-refractivity contribution in [1.29, 1.82) is 0 Å². The van der Waals surface area contributed by atoms with Gasteiger partial charge in [-0.3, -0.25) is 4.79 Å². The lowest BCUT2D eigenvalue weighted by molar-refractivity contribution is -0.115. The van der Waals surface area contributed by atoms with Crippen LogP contribution in [-0.2, 0) is 4.79 Å². The first-order chi connectivity index (χ1) is 10.2. The van der Waals surface area contributed by atoms with Crippen LogP contribution in [0.5, 0.6) is 0 Å². The fourth-order valence-corrected chi connectivity index (χ4v) is 2.24. The molecular weight excluding hydrogens is 267 g/mol. The fourth-order valence-electron chi connectivity index (χ4n) is 2.24. The van der Waals surface area contributed by atoms with E-state index in [9.17, 15) is 9.18 Å². The topological polar surface area (TPSA) is 44.9 Å². The Hall–Kier alpha value is -2.62. The number of hydrogen-bond acceptors (Lipinski definition) is 1. The number of fused-ring (bicyclic) bond motifs is 1. The molecule has 0 saturated heterocycles. The van der Waals surface area contributed by atoms with Gasteiger partial charge in [-0.1, -0.05) is 19.1 Å². The molecule has 1 heterocycles. The van der Waals surface area contributed by atoms with Gasteiger partial charge in [-0.15, -0.1) is 0 Å². The quantitative estimate of drug-likeness (QED) is 0.738. The van der Waals surface area contributed by atoms with Crippen molar-refractivity contribution in [3.63, 3.8) is 0 Å². The Morgan fingerprint density at radius 3 is 2.62 bits per heavy atom. The van der Waals surface area contributed by atoms with E-state index in [-0.39, 0.29) is 11.7 Å². The van der Waals surface area contributed by atoms with Gasteiger partial charge in [0, 0.05) is 28.7 Å². The predicted octanol–water partition coefficient (Wildman–Crippen LogP) is 4.32. The number of carbonyl (C=O) groups excluding carboxylic acids is 1. The maximum absolute atomic E-state index is 13.2. The summed E-state index contributed by atoms with van der Waals surface area (Å²) in [6.07, 6.45) is 0.454. The zero-order valence-electron chi connectivity index (χ0n) is 11.6. The zero-order valence-corrected chi connectivity index (χ0v) is 11.6. The number of amides is 1. The Bertz CT molecular complexity index is 790. The van der Waals surface area contributed by atoms with Gasteiger partial charge in [0.25, 0.3) is 0 Å². The molecule has 0 spiro atoms. The highest BCUT2D eigenvalue weighted by molar-refractivity contribution is 5.91. The summed E-state index contributed by atoms with van der Waals surface area (Å²) in [6.45, 7) is 1.81. The highest BCUT2D eigenvalue weighted by atomic mass is 19.1. The van der Waals surface area contributed by atoms with Gasteiger partial charge in [-0.05, 0) is 42.0 Å². The van der Waals surface area contributed by atoms with Gasteiger partial charge in [0.15, 0.2) is 0 Å². The van der Waals surface area contributed by atoms with E-state index in [1.807, 2.05) is 37.3 Å². The van der Waals surface area contributed by atoms with Crippen molar-refractivity contribution < 1.29 is 9.18 Å². The molecule has 3 aromatic rings. The number of aromatic nitrogens is 1. The highest BCUT2D eigenvalue weighted by Gasteiger charge is 2.05. The Balaban J connectivity index is 1.90. The van der Waals surface area contributed by atoms with Gasteiger partial charge < -0.3 is 10.3 Å². The third kappa shape index (κ3) is 2.79. The van der Waals surface area contributed by atoms with Crippen LogP contribution >= 0.6 is 0 Å². The minimum absolute atomic E-state index is 0.0103. The van der Waals surface area contributed by atoms with Gasteiger partial charge in [-0.2, -0.15) is 0 Å². The number of halogens is 1. The summed E-state index contributed by atoms with van der Waals surface area (Å²) < 4.78 is 13.2. The maximum atomic E-state index is 13.2. The summed E-state index contributed by atoms with van der Waals surface area (Å²) in [6, 6.07) is 14.1. The molecular formula is C17H15FN2O. The second-order valence-electron chi connectivity index (χ2n) is 4.89. The molecule has 2 aromatic carbocycles. The Morgan fingerprint density at radius 1 is 1.14 bits per heavy atom. The van der Waals surface area contributed by atoms with Crippen LogP contribution in [0.4, 0.5) is 10.1 Å². The Kier molecular flexibility index (Phi) is 3.44. The molecule has 1 amide bonds. The van der Waals surface area contributed by atoms with E-state index in [2.05, 4.69) is 10.3 Å². The normalized spacial score (nSPS) is 10.8. The molecule has 0 radical (unpaired) electrons. The molecule has 3 rings (SSSR count). The minimum Gasteiger partial charge on any atom is -0.355 e. The van der Waals surface area contributed by atoms with E-state index >= 15 is 0 Å². The third-order valence-corrected chi connectivity index (χ3v) is 3.38. The molecule has 3 nitrogen and oxygen atoms in total. The zero-order chi connectivity index (χ0) is 14.8. The van der Waals surface area contributed by atoms with E-state index in [0.29, 0.717) is 6.42 Å². The van der Waals surface area contributed by atoms with Crippen molar-refractivity contribution in [2.75, 3.05) is 5.32 Å². The molecule has 0 aliphatic rings. The maximum Gasteiger partial charge on any atom is 0.224 e. The molecule has 21 heavy (non-hydrogen) atoms. The number of rotatable bonds is 3. The summed E-state index contributed by atoms with van der Waals surface area (Å²) in [4.78, 5) is 14.6. The summed E-state index contributed by atoms with van der Waals surface area (Å²) >= 11 is 0. The predicted molar refractivity (Wildman–Crippen MR) is 82.6 cm³/mol. The van der Waals surface area contributed by atoms with Crippen molar-refractivity contribution in [3.05, 3.63) is 54.3 Å². The lowest BCUT2D eigenvalue weighted by Gasteiger charge is -2.04. The van der Waals surface area contributed by atoms with E-state index in [0.717, 1.165) is 27.8 Å². The fraction of sp³-hybridized carbons (Fsp3) is 0.118. The smallest absolute Gasteiger partial charge is 0.224 e. The number of aromatic amines is 1. The van der Waals surface area contributed by atoms with Crippen LogP contribution in [0.15, 0.2) is 48.5 Å². The van der Waals surface area contributed by atoms with Crippen molar-refractivity contribution >= 4 is 22.5 Å². The second kappa shape index (κ2) is 5.40. The van der Waals surface area contributed by atoms with Crippen LogP contribution in [0.25, 0.3) is 22.2 Å². The first-order valence-corrected chi connectivity index (χ1v) is 6.84. The molecule has 0 aliphatic carbocycles. The van der Waals surface area contributed by atoms with Gasteiger partial charge in [-0.25, -0.2) is 4.39 Å². The summed E-state index contributed by atoms with van der Waals surface area (Å²) in [7, 11) is 0. The van der Waals surface area contributed by atoms with Crippen LogP contribution in [0.2, 0.25) is 0 Å². The number of H-pyrrole nitrogens is 1. The summed E-state index contributed by atoms with van der Waals surface area (Å²) in [5, 5.41) is 3.65. The average Bonchev–Trinajstić information content (AvgIpc) is 2.90. The molecule has 0 atom stereocenters. The van der Waals surface area contributed by atoms with Crippen molar-refractivity contribution in [1.82, 2.24) is 4.98 Å².